The van der Waals surface area contributed by atoms with Crippen molar-refractivity contribution in [2.75, 3.05) is 20.3 Å². The van der Waals surface area contributed by atoms with Crippen LogP contribution in [-0.2, 0) is 5.41 Å². The summed E-state index contributed by atoms with van der Waals surface area (Å²) in [6.45, 7) is 9.34. The lowest BCUT2D eigenvalue weighted by molar-refractivity contribution is 0.112. The molecule has 0 spiro atoms. The molecule has 0 saturated heterocycles. The van der Waals surface area contributed by atoms with Crippen molar-refractivity contribution in [3.63, 3.8) is 0 Å². The van der Waals surface area contributed by atoms with Gasteiger partial charge in [0.05, 0.1) is 7.11 Å². The molecule has 0 saturated carbocycles. The van der Waals surface area contributed by atoms with E-state index in [1.807, 2.05) is 12.1 Å². The summed E-state index contributed by atoms with van der Waals surface area (Å²) >= 11 is 0. The minimum atomic E-state index is 0.00369. The molecule has 0 radical (unpaired) electrons. The van der Waals surface area contributed by atoms with Crippen LogP contribution in [0.1, 0.15) is 42.3 Å². The normalized spacial score (nSPS) is 11.1. The Balaban J connectivity index is 2.02. The Morgan fingerprint density at radius 2 is 1.56 bits per heavy atom. The number of hydrogen-bond acceptors (Lipinski definition) is 4. The fourth-order valence-corrected chi connectivity index (χ4v) is 2.54. The first-order valence-electron chi connectivity index (χ1n) is 8.35. The monoisotopic (exact) mass is 342 g/mol. The molecule has 2 aromatic rings. The number of carbonyl (C=O) groups is 1. The Morgan fingerprint density at radius 1 is 0.920 bits per heavy atom. The molecule has 0 aliphatic carbocycles. The zero-order valence-corrected chi connectivity index (χ0v) is 15.6. The molecule has 25 heavy (non-hydrogen) atoms. The fraction of sp³-hybridized carbons (Fsp3) is 0.381. The molecule has 4 heteroatoms. The maximum atomic E-state index is 10.9. The van der Waals surface area contributed by atoms with Gasteiger partial charge in [-0.15, -0.1) is 0 Å². The first kappa shape index (κ1) is 18.8. The number of methoxy groups -OCH3 is 1. The first-order valence-corrected chi connectivity index (χ1v) is 8.35. The number of rotatable bonds is 7. The van der Waals surface area contributed by atoms with Crippen molar-refractivity contribution in [2.24, 2.45) is 0 Å². The maximum absolute atomic E-state index is 10.9. The summed E-state index contributed by atoms with van der Waals surface area (Å²) in [5.41, 5.74) is 2.94. The van der Waals surface area contributed by atoms with Crippen LogP contribution >= 0.6 is 0 Å². The Labute approximate surface area is 149 Å². The maximum Gasteiger partial charge on any atom is 0.162 e. The molecule has 0 aliphatic heterocycles. The number of benzene rings is 2. The molecule has 0 fully saturated rings. The van der Waals surface area contributed by atoms with Gasteiger partial charge < -0.3 is 14.2 Å². The van der Waals surface area contributed by atoms with Crippen LogP contribution in [0.5, 0.6) is 17.2 Å². The smallest absolute Gasteiger partial charge is 0.162 e. The molecule has 0 aromatic heterocycles. The second-order valence-corrected chi connectivity index (χ2v) is 6.97. The molecule has 0 heterocycles. The topological polar surface area (TPSA) is 44.8 Å². The van der Waals surface area contributed by atoms with E-state index in [9.17, 15) is 4.79 Å². The number of ether oxygens (including phenoxy) is 3. The van der Waals surface area contributed by atoms with Crippen LogP contribution in [0.3, 0.4) is 0 Å². The van der Waals surface area contributed by atoms with E-state index >= 15 is 0 Å². The molecule has 0 aliphatic rings. The Morgan fingerprint density at radius 3 is 2.16 bits per heavy atom. The van der Waals surface area contributed by atoms with Gasteiger partial charge in [-0.1, -0.05) is 38.5 Å². The minimum absolute atomic E-state index is 0.00369. The zero-order valence-electron chi connectivity index (χ0n) is 15.6. The van der Waals surface area contributed by atoms with E-state index in [0.717, 1.165) is 12.0 Å². The Kier molecular flexibility index (Phi) is 6.07. The molecular formula is C21H26O4. The van der Waals surface area contributed by atoms with Crippen molar-refractivity contribution in [3.05, 3.63) is 53.1 Å². The van der Waals surface area contributed by atoms with E-state index in [0.29, 0.717) is 30.3 Å². The molecule has 0 atom stereocenters. The Bertz CT molecular complexity index is 729. The lowest BCUT2D eigenvalue weighted by Gasteiger charge is -2.23. The fourth-order valence-electron chi connectivity index (χ4n) is 2.54. The molecular weight excluding hydrogens is 316 g/mol. The van der Waals surface area contributed by atoms with E-state index in [-0.39, 0.29) is 5.41 Å². The summed E-state index contributed by atoms with van der Waals surface area (Å²) in [7, 11) is 1.57. The van der Waals surface area contributed by atoms with Crippen LogP contribution in [0.4, 0.5) is 0 Å². The van der Waals surface area contributed by atoms with E-state index in [1.165, 1.54) is 11.1 Å². The lowest BCUT2D eigenvalue weighted by Crippen LogP contribution is -2.16. The highest BCUT2D eigenvalue weighted by Gasteiger charge is 2.19. The van der Waals surface area contributed by atoms with Crippen molar-refractivity contribution in [1.29, 1.82) is 0 Å². The third-order valence-corrected chi connectivity index (χ3v) is 3.87. The van der Waals surface area contributed by atoms with Gasteiger partial charge in [0.25, 0.3) is 0 Å². The van der Waals surface area contributed by atoms with Crippen LogP contribution in [0, 0.1) is 6.92 Å². The molecule has 134 valence electrons. The largest absolute Gasteiger partial charge is 0.493 e. The van der Waals surface area contributed by atoms with Crippen LogP contribution < -0.4 is 14.2 Å². The van der Waals surface area contributed by atoms with Gasteiger partial charge in [0, 0.05) is 5.56 Å². The van der Waals surface area contributed by atoms with Crippen molar-refractivity contribution >= 4 is 6.29 Å². The molecule has 2 aromatic carbocycles. The van der Waals surface area contributed by atoms with Crippen molar-refractivity contribution in [1.82, 2.24) is 0 Å². The van der Waals surface area contributed by atoms with Crippen LogP contribution in [-0.4, -0.2) is 26.6 Å². The highest BCUT2D eigenvalue weighted by Crippen LogP contribution is 2.32. The Hall–Kier alpha value is -2.49. The van der Waals surface area contributed by atoms with E-state index < -0.39 is 0 Å². The van der Waals surface area contributed by atoms with Gasteiger partial charge in [-0.3, -0.25) is 4.79 Å². The molecule has 2 rings (SSSR count). The summed E-state index contributed by atoms with van der Waals surface area (Å²) in [5.74, 6) is 2.00. The van der Waals surface area contributed by atoms with Gasteiger partial charge in [-0.25, -0.2) is 0 Å². The quantitative estimate of drug-likeness (QED) is 0.546. The number of aldehydes is 1. The molecule has 4 nitrogen and oxygen atoms in total. The van der Waals surface area contributed by atoms with E-state index in [1.54, 1.807) is 25.3 Å². The van der Waals surface area contributed by atoms with Crippen LogP contribution in [0.15, 0.2) is 36.4 Å². The van der Waals surface area contributed by atoms with E-state index in [2.05, 4.69) is 33.8 Å². The summed E-state index contributed by atoms with van der Waals surface area (Å²) < 4.78 is 16.9. The average molecular weight is 342 g/mol. The van der Waals surface area contributed by atoms with Crippen LogP contribution in [0.2, 0.25) is 0 Å². The predicted octanol–water partition coefficient (Wildman–Crippen LogP) is 4.57. The number of carbonyl (C=O) groups excluding carboxylic acids is 1. The van der Waals surface area contributed by atoms with Gasteiger partial charge >= 0.3 is 0 Å². The first-order chi connectivity index (χ1) is 11.8. The zero-order chi connectivity index (χ0) is 18.4. The average Bonchev–Trinajstić information content (AvgIpc) is 2.58. The van der Waals surface area contributed by atoms with Crippen molar-refractivity contribution in [3.8, 4) is 17.2 Å². The summed E-state index contributed by atoms with van der Waals surface area (Å²) in [6, 6.07) is 11.3. The second kappa shape index (κ2) is 8.06. The van der Waals surface area contributed by atoms with Gasteiger partial charge in [-0.2, -0.15) is 0 Å². The van der Waals surface area contributed by atoms with Crippen LogP contribution in [0.25, 0.3) is 0 Å². The summed E-state index contributed by atoms with van der Waals surface area (Å²) in [6.07, 6.45) is 0.782. The molecule has 0 N–H and O–H groups in total. The van der Waals surface area contributed by atoms with Crippen molar-refractivity contribution < 1.29 is 19.0 Å². The third kappa shape index (κ3) is 4.99. The van der Waals surface area contributed by atoms with Gasteiger partial charge in [0.1, 0.15) is 25.2 Å². The SMILES string of the molecule is COc1ccc(C=O)cc1OCCOc1ccc(C)cc1C(C)(C)C. The second-order valence-electron chi connectivity index (χ2n) is 6.97. The number of aryl methyl sites for hydroxylation is 1. The van der Waals surface area contributed by atoms with Crippen molar-refractivity contribution in [2.45, 2.75) is 33.1 Å². The minimum Gasteiger partial charge on any atom is -0.493 e. The van der Waals surface area contributed by atoms with Gasteiger partial charge in [0.15, 0.2) is 11.5 Å². The van der Waals surface area contributed by atoms with Gasteiger partial charge in [0.2, 0.25) is 0 Å². The summed E-state index contributed by atoms with van der Waals surface area (Å²) in [4.78, 5) is 10.9. The lowest BCUT2D eigenvalue weighted by atomic mass is 9.85. The predicted molar refractivity (Wildman–Crippen MR) is 99.3 cm³/mol. The molecule has 0 amide bonds. The highest BCUT2D eigenvalue weighted by molar-refractivity contribution is 5.76. The molecule has 0 unspecified atom stereocenters. The van der Waals surface area contributed by atoms with Gasteiger partial charge in [-0.05, 0) is 42.2 Å². The molecule has 0 bridgehead atoms. The summed E-state index contributed by atoms with van der Waals surface area (Å²) in [5, 5.41) is 0. The van der Waals surface area contributed by atoms with E-state index in [4.69, 9.17) is 14.2 Å². The standard InChI is InChI=1S/C21H26O4/c1-15-6-8-18(17(12-15)21(2,3)4)24-10-11-25-20-13-16(14-22)7-9-19(20)23-5/h6-9,12-14H,10-11H2,1-5H3. The number of hydrogen-bond donors (Lipinski definition) is 0. The third-order valence-electron chi connectivity index (χ3n) is 3.87. The highest BCUT2D eigenvalue weighted by atomic mass is 16.5.